The average Bonchev–Trinajstić information content (AvgIpc) is 2.87. The van der Waals surface area contributed by atoms with Gasteiger partial charge in [0.1, 0.15) is 17.4 Å². The van der Waals surface area contributed by atoms with Crippen LogP contribution in [0.15, 0.2) is 46.9 Å². The first-order valence-corrected chi connectivity index (χ1v) is 6.57. The second-order valence-electron chi connectivity index (χ2n) is 4.57. The molecule has 0 amide bonds. The molecule has 0 aliphatic heterocycles. The summed E-state index contributed by atoms with van der Waals surface area (Å²) in [6, 6.07) is 9.91. The molecule has 21 heavy (non-hydrogen) atoms. The SMILES string of the molecule is NNC(c1cc2cc(Cl)ccc2o1)c1cccc(F)c1F. The van der Waals surface area contributed by atoms with Crippen LogP contribution in [-0.2, 0) is 0 Å². The largest absolute Gasteiger partial charge is 0.459 e. The van der Waals surface area contributed by atoms with E-state index >= 15 is 0 Å². The molecule has 1 heterocycles. The van der Waals surface area contributed by atoms with Gasteiger partial charge in [-0.1, -0.05) is 23.7 Å². The van der Waals surface area contributed by atoms with Crippen LogP contribution in [0.5, 0.6) is 0 Å². The third-order valence-electron chi connectivity index (χ3n) is 3.24. The fourth-order valence-corrected chi connectivity index (χ4v) is 2.43. The number of benzene rings is 2. The van der Waals surface area contributed by atoms with Crippen LogP contribution in [0.3, 0.4) is 0 Å². The highest BCUT2D eigenvalue weighted by Gasteiger charge is 2.22. The van der Waals surface area contributed by atoms with Crippen LogP contribution in [0.4, 0.5) is 8.78 Å². The van der Waals surface area contributed by atoms with Crippen LogP contribution >= 0.6 is 11.6 Å². The van der Waals surface area contributed by atoms with Gasteiger partial charge in [-0.25, -0.2) is 14.2 Å². The maximum absolute atomic E-state index is 13.9. The topological polar surface area (TPSA) is 51.2 Å². The highest BCUT2D eigenvalue weighted by atomic mass is 35.5. The lowest BCUT2D eigenvalue weighted by Crippen LogP contribution is -2.29. The Hall–Kier alpha value is -1.95. The van der Waals surface area contributed by atoms with E-state index in [0.29, 0.717) is 16.4 Å². The number of halogens is 3. The quantitative estimate of drug-likeness (QED) is 0.569. The molecule has 1 unspecified atom stereocenters. The van der Waals surface area contributed by atoms with E-state index in [4.69, 9.17) is 21.9 Å². The van der Waals surface area contributed by atoms with E-state index in [9.17, 15) is 8.78 Å². The molecule has 6 heteroatoms. The molecule has 0 aliphatic carbocycles. The van der Waals surface area contributed by atoms with Gasteiger partial charge in [0.05, 0.1) is 0 Å². The molecule has 108 valence electrons. The van der Waals surface area contributed by atoms with Crippen LogP contribution in [0.2, 0.25) is 5.02 Å². The zero-order valence-electron chi connectivity index (χ0n) is 10.7. The molecular weight excluding hydrogens is 298 g/mol. The summed E-state index contributed by atoms with van der Waals surface area (Å²) in [5.41, 5.74) is 3.11. The van der Waals surface area contributed by atoms with E-state index < -0.39 is 17.7 Å². The molecule has 0 spiro atoms. The second kappa shape index (κ2) is 5.44. The van der Waals surface area contributed by atoms with Crippen LogP contribution in [0, 0.1) is 11.6 Å². The van der Waals surface area contributed by atoms with Crippen molar-refractivity contribution in [3.05, 3.63) is 70.4 Å². The van der Waals surface area contributed by atoms with E-state index in [-0.39, 0.29) is 5.56 Å². The molecule has 3 rings (SSSR count). The van der Waals surface area contributed by atoms with Crippen molar-refractivity contribution in [2.45, 2.75) is 6.04 Å². The summed E-state index contributed by atoms with van der Waals surface area (Å²) < 4.78 is 32.9. The summed E-state index contributed by atoms with van der Waals surface area (Å²) in [5, 5.41) is 1.32. The monoisotopic (exact) mass is 308 g/mol. The fraction of sp³-hybridized carbons (Fsp3) is 0.0667. The van der Waals surface area contributed by atoms with Crippen LogP contribution in [0.1, 0.15) is 17.4 Å². The molecule has 3 aromatic rings. The van der Waals surface area contributed by atoms with Gasteiger partial charge in [0.2, 0.25) is 0 Å². The Morgan fingerprint density at radius 1 is 1.14 bits per heavy atom. The Kier molecular flexibility index (Phi) is 3.63. The highest BCUT2D eigenvalue weighted by molar-refractivity contribution is 6.31. The van der Waals surface area contributed by atoms with Gasteiger partial charge in [0, 0.05) is 16.0 Å². The van der Waals surface area contributed by atoms with Crippen molar-refractivity contribution in [1.29, 1.82) is 0 Å². The average molecular weight is 309 g/mol. The van der Waals surface area contributed by atoms with E-state index in [1.165, 1.54) is 12.1 Å². The molecule has 0 radical (unpaired) electrons. The number of furan rings is 1. The van der Waals surface area contributed by atoms with E-state index in [1.807, 2.05) is 0 Å². The Morgan fingerprint density at radius 3 is 2.71 bits per heavy atom. The number of hydrazine groups is 1. The van der Waals surface area contributed by atoms with Crippen molar-refractivity contribution < 1.29 is 13.2 Å². The number of nitrogens with one attached hydrogen (secondary N) is 1. The lowest BCUT2D eigenvalue weighted by Gasteiger charge is -2.14. The summed E-state index contributed by atoms with van der Waals surface area (Å²) in [4.78, 5) is 0. The third-order valence-corrected chi connectivity index (χ3v) is 3.48. The van der Waals surface area contributed by atoms with Gasteiger partial charge in [-0.05, 0) is 30.3 Å². The maximum atomic E-state index is 13.9. The van der Waals surface area contributed by atoms with Crippen molar-refractivity contribution in [1.82, 2.24) is 5.43 Å². The summed E-state index contributed by atoms with van der Waals surface area (Å²) in [7, 11) is 0. The molecule has 1 aromatic heterocycles. The first-order chi connectivity index (χ1) is 10.1. The van der Waals surface area contributed by atoms with Gasteiger partial charge in [-0.15, -0.1) is 0 Å². The molecule has 0 saturated heterocycles. The normalized spacial score (nSPS) is 12.8. The predicted octanol–water partition coefficient (Wildman–Crippen LogP) is 3.92. The number of fused-ring (bicyclic) bond motifs is 1. The highest BCUT2D eigenvalue weighted by Crippen LogP contribution is 2.31. The minimum absolute atomic E-state index is 0.0719. The first kappa shape index (κ1) is 14.0. The summed E-state index contributed by atoms with van der Waals surface area (Å²) in [6.45, 7) is 0. The number of nitrogens with two attached hydrogens (primary N) is 1. The number of rotatable bonds is 3. The third kappa shape index (κ3) is 2.51. The molecule has 1 atom stereocenters. The number of hydrogen-bond donors (Lipinski definition) is 2. The van der Waals surface area contributed by atoms with Crippen molar-refractivity contribution in [2.75, 3.05) is 0 Å². The fourth-order valence-electron chi connectivity index (χ4n) is 2.25. The second-order valence-corrected chi connectivity index (χ2v) is 5.01. The maximum Gasteiger partial charge on any atom is 0.164 e. The van der Waals surface area contributed by atoms with Crippen molar-refractivity contribution >= 4 is 22.6 Å². The minimum atomic E-state index is -0.959. The van der Waals surface area contributed by atoms with Crippen LogP contribution < -0.4 is 11.3 Å². The van der Waals surface area contributed by atoms with Crippen LogP contribution in [0.25, 0.3) is 11.0 Å². The molecule has 0 bridgehead atoms. The summed E-state index contributed by atoms with van der Waals surface area (Å²) in [6.07, 6.45) is 0. The molecule has 3 nitrogen and oxygen atoms in total. The van der Waals surface area contributed by atoms with Crippen molar-refractivity contribution in [3.8, 4) is 0 Å². The summed E-state index contributed by atoms with van der Waals surface area (Å²) >= 11 is 5.91. The van der Waals surface area contributed by atoms with Gasteiger partial charge in [0.15, 0.2) is 11.6 Å². The summed E-state index contributed by atoms with van der Waals surface area (Å²) in [5.74, 6) is 3.96. The van der Waals surface area contributed by atoms with Gasteiger partial charge >= 0.3 is 0 Å². The standard InChI is InChI=1S/C15H11ClF2N2O/c16-9-4-5-12-8(6-9)7-13(21-12)15(20-19)10-2-1-3-11(17)14(10)18/h1-7,15,20H,19H2. The van der Waals surface area contributed by atoms with Gasteiger partial charge in [-0.2, -0.15) is 0 Å². The van der Waals surface area contributed by atoms with Gasteiger partial charge in [0.25, 0.3) is 0 Å². The molecular formula is C15H11ClF2N2O. The lowest BCUT2D eigenvalue weighted by molar-refractivity contribution is 0.444. The van der Waals surface area contributed by atoms with Gasteiger partial charge in [-0.3, -0.25) is 5.84 Å². The smallest absolute Gasteiger partial charge is 0.164 e. The van der Waals surface area contributed by atoms with E-state index in [1.54, 1.807) is 24.3 Å². The molecule has 0 fully saturated rings. The van der Waals surface area contributed by atoms with Crippen molar-refractivity contribution in [2.24, 2.45) is 5.84 Å². The van der Waals surface area contributed by atoms with E-state index in [0.717, 1.165) is 11.5 Å². The Labute approximate surface area is 124 Å². The predicted molar refractivity (Wildman–Crippen MR) is 76.7 cm³/mol. The molecule has 0 saturated carbocycles. The van der Waals surface area contributed by atoms with Gasteiger partial charge < -0.3 is 4.42 Å². The molecule has 3 N–H and O–H groups in total. The zero-order chi connectivity index (χ0) is 15.0. The Bertz CT molecular complexity index is 803. The molecule has 0 aliphatic rings. The van der Waals surface area contributed by atoms with E-state index in [2.05, 4.69) is 5.43 Å². The lowest BCUT2D eigenvalue weighted by atomic mass is 10.0. The first-order valence-electron chi connectivity index (χ1n) is 6.19. The minimum Gasteiger partial charge on any atom is -0.459 e. The van der Waals surface area contributed by atoms with Crippen molar-refractivity contribution in [3.63, 3.8) is 0 Å². The zero-order valence-corrected chi connectivity index (χ0v) is 11.5. The number of hydrogen-bond acceptors (Lipinski definition) is 3. The van der Waals surface area contributed by atoms with Crippen LogP contribution in [-0.4, -0.2) is 0 Å². The Morgan fingerprint density at radius 2 is 1.95 bits per heavy atom. The molecule has 2 aromatic carbocycles. The Balaban J connectivity index is 2.11.